The van der Waals surface area contributed by atoms with Crippen molar-refractivity contribution in [1.82, 2.24) is 14.5 Å². The van der Waals surface area contributed by atoms with Crippen molar-refractivity contribution in [3.05, 3.63) is 182 Å². The SMILES string of the molecule is C[Si](c1ccccc1)(c1ccccc1)c1ccc2c(c1)c1c3ccccc3ccc1n2-c1nc(-c2cccc3c2oc2ccccc23)c2ccccc2n1. The molecular weight excluding hydrogens is 675 g/mol. The van der Waals surface area contributed by atoms with E-state index in [1.807, 2.05) is 12.1 Å². The van der Waals surface area contributed by atoms with E-state index in [4.69, 9.17) is 14.4 Å². The Labute approximate surface area is 312 Å². The van der Waals surface area contributed by atoms with Crippen LogP contribution in [0.3, 0.4) is 0 Å². The molecule has 0 unspecified atom stereocenters. The largest absolute Gasteiger partial charge is 0.455 e. The highest BCUT2D eigenvalue weighted by atomic mass is 28.3. The number of rotatable bonds is 5. The van der Waals surface area contributed by atoms with E-state index in [2.05, 4.69) is 181 Å². The van der Waals surface area contributed by atoms with Gasteiger partial charge < -0.3 is 4.42 Å². The Morgan fingerprint density at radius 1 is 0.481 bits per heavy atom. The standard InChI is InChI=1S/C49H33N3OSi/c1-54(33-16-4-2-5-17-33,34-18-6-3-7-19-34)35-28-30-43-41(31-35)46-36-20-9-8-15-32(36)27-29-44(46)52(43)49-50-42-25-12-10-22-39(42)47(51-49)40-24-14-23-38-37-21-11-13-26-45(37)53-48(38)40/h2-31H,1H3. The minimum Gasteiger partial charge on any atom is -0.455 e. The monoisotopic (exact) mass is 707 g/mol. The predicted molar refractivity (Wildman–Crippen MR) is 228 cm³/mol. The third kappa shape index (κ3) is 4.49. The molecule has 0 amide bonds. The second-order valence-corrected chi connectivity index (χ2v) is 18.3. The molecule has 0 saturated heterocycles. The Balaban J connectivity index is 1.23. The average Bonchev–Trinajstić information content (AvgIpc) is 3.79. The van der Waals surface area contributed by atoms with E-state index in [0.29, 0.717) is 5.95 Å². The van der Waals surface area contributed by atoms with Crippen molar-refractivity contribution < 1.29 is 4.42 Å². The van der Waals surface area contributed by atoms with Gasteiger partial charge in [0.15, 0.2) is 0 Å². The van der Waals surface area contributed by atoms with Crippen LogP contribution in [-0.2, 0) is 0 Å². The molecule has 0 radical (unpaired) electrons. The van der Waals surface area contributed by atoms with E-state index >= 15 is 0 Å². The molecule has 0 N–H and O–H groups in total. The van der Waals surface area contributed by atoms with Gasteiger partial charge in [-0.2, -0.15) is 0 Å². The van der Waals surface area contributed by atoms with Gasteiger partial charge in [-0.3, -0.25) is 4.57 Å². The fraction of sp³-hybridized carbons (Fsp3) is 0.0204. The molecular formula is C49H33N3OSi. The van der Waals surface area contributed by atoms with Crippen LogP contribution in [-0.4, -0.2) is 22.6 Å². The predicted octanol–water partition coefficient (Wildman–Crippen LogP) is 10.5. The summed E-state index contributed by atoms with van der Waals surface area (Å²) in [6.07, 6.45) is 0. The lowest BCUT2D eigenvalue weighted by Crippen LogP contribution is -2.64. The summed E-state index contributed by atoms with van der Waals surface area (Å²) >= 11 is 0. The highest BCUT2D eigenvalue weighted by Gasteiger charge is 2.34. The number of fused-ring (bicyclic) bond motifs is 9. The van der Waals surface area contributed by atoms with Gasteiger partial charge in [0.25, 0.3) is 0 Å². The number of hydrogen-bond donors (Lipinski definition) is 0. The van der Waals surface area contributed by atoms with Crippen LogP contribution >= 0.6 is 0 Å². The van der Waals surface area contributed by atoms with Gasteiger partial charge in [0.05, 0.1) is 22.2 Å². The first-order chi connectivity index (χ1) is 26.7. The van der Waals surface area contributed by atoms with Crippen LogP contribution < -0.4 is 15.6 Å². The van der Waals surface area contributed by atoms with Crippen LogP contribution in [0.4, 0.5) is 0 Å². The van der Waals surface area contributed by atoms with Gasteiger partial charge in [0.2, 0.25) is 5.95 Å². The third-order valence-electron chi connectivity index (χ3n) is 11.4. The molecule has 3 aromatic heterocycles. The number of para-hydroxylation sites is 3. The van der Waals surface area contributed by atoms with E-state index in [0.717, 1.165) is 55.1 Å². The molecule has 54 heavy (non-hydrogen) atoms. The number of benzene rings is 8. The average molecular weight is 708 g/mol. The van der Waals surface area contributed by atoms with E-state index in [9.17, 15) is 0 Å². The first-order valence-corrected chi connectivity index (χ1v) is 20.9. The second-order valence-electron chi connectivity index (χ2n) is 14.3. The van der Waals surface area contributed by atoms with Crippen LogP contribution in [0.1, 0.15) is 0 Å². The lowest BCUT2D eigenvalue weighted by Gasteiger charge is -2.29. The quantitative estimate of drug-likeness (QED) is 0.132. The molecule has 254 valence electrons. The summed E-state index contributed by atoms with van der Waals surface area (Å²) in [6, 6.07) is 65.3. The van der Waals surface area contributed by atoms with Crippen LogP contribution in [0.15, 0.2) is 186 Å². The molecule has 0 saturated carbocycles. The molecule has 0 bridgehead atoms. The van der Waals surface area contributed by atoms with Crippen molar-refractivity contribution in [2.45, 2.75) is 6.55 Å². The van der Waals surface area contributed by atoms with Crippen LogP contribution in [0.5, 0.6) is 0 Å². The molecule has 8 aromatic carbocycles. The molecule has 4 nitrogen and oxygen atoms in total. The zero-order valence-electron chi connectivity index (χ0n) is 29.6. The highest BCUT2D eigenvalue weighted by Crippen LogP contribution is 2.40. The van der Waals surface area contributed by atoms with E-state index < -0.39 is 8.07 Å². The minimum absolute atomic E-state index is 0.631. The van der Waals surface area contributed by atoms with Gasteiger partial charge in [0, 0.05) is 32.5 Å². The Morgan fingerprint density at radius 3 is 1.93 bits per heavy atom. The molecule has 5 heteroatoms. The first-order valence-electron chi connectivity index (χ1n) is 18.4. The zero-order chi connectivity index (χ0) is 35.8. The van der Waals surface area contributed by atoms with Crippen molar-refractivity contribution in [2.75, 3.05) is 0 Å². The smallest absolute Gasteiger partial charge is 0.235 e. The molecule has 0 atom stereocenters. The van der Waals surface area contributed by atoms with Crippen molar-refractivity contribution in [3.8, 4) is 17.2 Å². The van der Waals surface area contributed by atoms with Gasteiger partial charge in [-0.15, -0.1) is 0 Å². The first kappa shape index (κ1) is 30.8. The topological polar surface area (TPSA) is 43.9 Å². The summed E-state index contributed by atoms with van der Waals surface area (Å²) in [5.74, 6) is 0.631. The molecule has 0 aliphatic heterocycles. The molecule has 3 heterocycles. The number of nitrogens with zero attached hydrogens (tertiary/aromatic N) is 3. The van der Waals surface area contributed by atoms with E-state index in [-0.39, 0.29) is 0 Å². The lowest BCUT2D eigenvalue weighted by molar-refractivity contribution is 0.670. The van der Waals surface area contributed by atoms with Crippen LogP contribution in [0.25, 0.3) is 82.6 Å². The van der Waals surface area contributed by atoms with Crippen LogP contribution in [0, 0.1) is 0 Å². The molecule has 0 aliphatic carbocycles. The van der Waals surface area contributed by atoms with Crippen molar-refractivity contribution in [1.29, 1.82) is 0 Å². The molecule has 0 spiro atoms. The Hall–Kier alpha value is -6.82. The molecule has 11 aromatic rings. The van der Waals surface area contributed by atoms with Crippen molar-refractivity contribution in [2.24, 2.45) is 0 Å². The summed E-state index contributed by atoms with van der Waals surface area (Å²) in [5.41, 5.74) is 6.52. The number of aromatic nitrogens is 3. The number of hydrogen-bond acceptors (Lipinski definition) is 3. The van der Waals surface area contributed by atoms with E-state index in [1.165, 1.54) is 37.1 Å². The molecule has 11 rings (SSSR count). The summed E-state index contributed by atoms with van der Waals surface area (Å²) in [6.45, 7) is 2.48. The summed E-state index contributed by atoms with van der Waals surface area (Å²) in [7, 11) is -2.40. The van der Waals surface area contributed by atoms with Gasteiger partial charge in [0.1, 0.15) is 19.2 Å². The fourth-order valence-corrected chi connectivity index (χ4v) is 12.2. The van der Waals surface area contributed by atoms with Crippen LogP contribution in [0.2, 0.25) is 6.55 Å². The maximum absolute atomic E-state index is 6.56. The zero-order valence-corrected chi connectivity index (χ0v) is 30.6. The molecule has 0 fully saturated rings. The molecule has 0 aliphatic rings. The second kappa shape index (κ2) is 11.9. The number of furan rings is 1. The summed E-state index contributed by atoms with van der Waals surface area (Å²) in [4.78, 5) is 10.8. The maximum Gasteiger partial charge on any atom is 0.235 e. The Kier molecular flexibility index (Phi) is 6.75. The van der Waals surface area contributed by atoms with Crippen molar-refractivity contribution in [3.63, 3.8) is 0 Å². The minimum atomic E-state index is -2.40. The van der Waals surface area contributed by atoms with Gasteiger partial charge in [-0.1, -0.05) is 158 Å². The van der Waals surface area contributed by atoms with Gasteiger partial charge in [-0.05, 0) is 56.7 Å². The summed E-state index contributed by atoms with van der Waals surface area (Å²) in [5, 5.41) is 12.1. The van der Waals surface area contributed by atoms with Gasteiger partial charge >= 0.3 is 0 Å². The third-order valence-corrected chi connectivity index (χ3v) is 15.8. The maximum atomic E-state index is 6.56. The van der Waals surface area contributed by atoms with E-state index in [1.54, 1.807) is 0 Å². The summed E-state index contributed by atoms with van der Waals surface area (Å²) < 4.78 is 8.82. The fourth-order valence-electron chi connectivity index (χ4n) is 8.66. The Bertz CT molecular complexity index is 3200. The Morgan fingerprint density at radius 2 is 1.13 bits per heavy atom. The lowest BCUT2D eigenvalue weighted by atomic mass is 10.0. The highest BCUT2D eigenvalue weighted by molar-refractivity contribution is 7.10. The normalized spacial score (nSPS) is 12.2. The van der Waals surface area contributed by atoms with Crippen molar-refractivity contribution >= 4 is 89.1 Å². The van der Waals surface area contributed by atoms with Gasteiger partial charge in [-0.25, -0.2) is 9.97 Å².